The Labute approximate surface area is 124 Å². The van der Waals surface area contributed by atoms with E-state index < -0.39 is 15.6 Å². The molecule has 0 atom stereocenters. The molecule has 0 saturated carbocycles. The summed E-state index contributed by atoms with van der Waals surface area (Å²) in [6, 6.07) is 1.38. The molecule has 1 heterocycles. The molecular weight excluding hydrogens is 369 g/mol. The fourth-order valence-electron chi connectivity index (χ4n) is 1.06. The Kier molecular flexibility index (Phi) is 4.95. The van der Waals surface area contributed by atoms with Gasteiger partial charge in [-0.15, -0.1) is 11.3 Å². The Balaban J connectivity index is 3.25. The molecule has 1 rings (SSSR count). The number of rotatable bonds is 4. The number of nitrogens with zero attached hydrogens (tertiary/aromatic N) is 1. The van der Waals surface area contributed by atoms with E-state index in [9.17, 15) is 8.42 Å². The highest BCUT2D eigenvalue weighted by Gasteiger charge is 2.35. The van der Waals surface area contributed by atoms with Crippen molar-refractivity contribution in [2.75, 3.05) is 12.4 Å². The molecule has 0 aliphatic rings. The minimum Gasteiger partial charge on any atom is -0.207 e. The van der Waals surface area contributed by atoms with Crippen LogP contribution in [-0.2, 0) is 10.0 Å². The summed E-state index contributed by atoms with van der Waals surface area (Å²) in [5, 5.41) is 0.519. The molecule has 0 aliphatic carbocycles. The molecule has 1 aromatic rings. The third-order valence-corrected chi connectivity index (χ3v) is 7.64. The number of sulfonamides is 1. The third-order valence-electron chi connectivity index (χ3n) is 2.44. The molecule has 0 fully saturated rings. The maximum Gasteiger partial charge on any atom is 0.245 e. The first-order valence-electron chi connectivity index (χ1n) is 4.63. The van der Waals surface area contributed by atoms with Crippen molar-refractivity contribution in [3.63, 3.8) is 0 Å². The quantitative estimate of drug-likeness (QED) is 0.744. The molecule has 3 nitrogen and oxygen atoms in total. The number of thiophene rings is 1. The van der Waals surface area contributed by atoms with E-state index in [2.05, 4.69) is 15.9 Å². The van der Waals surface area contributed by atoms with Crippen molar-refractivity contribution >= 4 is 60.5 Å². The van der Waals surface area contributed by atoms with Crippen LogP contribution in [0.1, 0.15) is 13.8 Å². The van der Waals surface area contributed by atoms with E-state index >= 15 is 0 Å². The molecule has 17 heavy (non-hydrogen) atoms. The van der Waals surface area contributed by atoms with Crippen molar-refractivity contribution in [1.29, 1.82) is 0 Å². The molecule has 0 spiro atoms. The Bertz CT molecular complexity index is 513. The molecule has 1 aromatic heterocycles. The average Bonchev–Trinajstić information content (AvgIpc) is 2.57. The summed E-state index contributed by atoms with van der Waals surface area (Å²) in [5.74, 6) is 0. The van der Waals surface area contributed by atoms with Gasteiger partial charge in [-0.3, -0.25) is 0 Å². The first-order valence-corrected chi connectivity index (χ1v) is 8.76. The van der Waals surface area contributed by atoms with Gasteiger partial charge in [-0.05, 0) is 19.9 Å². The van der Waals surface area contributed by atoms with E-state index in [1.165, 1.54) is 17.4 Å². The second kappa shape index (κ2) is 5.35. The Hall–Kier alpha value is 0.670. The Morgan fingerprint density at radius 2 is 2.00 bits per heavy atom. The maximum atomic E-state index is 12.3. The van der Waals surface area contributed by atoms with Gasteiger partial charge in [0.15, 0.2) is 0 Å². The third kappa shape index (κ3) is 3.16. The van der Waals surface area contributed by atoms with Gasteiger partial charge in [0.05, 0.1) is 4.34 Å². The molecule has 0 aromatic carbocycles. The van der Waals surface area contributed by atoms with Crippen LogP contribution in [0.2, 0.25) is 8.67 Å². The summed E-state index contributed by atoms with van der Waals surface area (Å²) in [6.45, 7) is 3.64. The molecule has 0 N–H and O–H groups in total. The van der Waals surface area contributed by atoms with E-state index in [1.54, 1.807) is 0 Å². The standard InChI is InChI=1S/C9H12BrCl2NO2S2/c1-9(2,5-10)13(3)17(14,15)6-4-7(11)16-8(6)12/h4H,5H2,1-3H3. The van der Waals surface area contributed by atoms with Crippen molar-refractivity contribution in [2.45, 2.75) is 24.3 Å². The monoisotopic (exact) mass is 379 g/mol. The molecule has 0 unspecified atom stereocenters. The van der Waals surface area contributed by atoms with Crippen LogP contribution in [0.15, 0.2) is 11.0 Å². The average molecular weight is 381 g/mol. The summed E-state index contributed by atoms with van der Waals surface area (Å²) in [6.07, 6.45) is 0. The van der Waals surface area contributed by atoms with Gasteiger partial charge in [-0.1, -0.05) is 39.1 Å². The van der Waals surface area contributed by atoms with Gasteiger partial charge in [0.1, 0.15) is 9.23 Å². The lowest BCUT2D eigenvalue weighted by atomic mass is 10.1. The van der Waals surface area contributed by atoms with Gasteiger partial charge in [0.25, 0.3) is 0 Å². The van der Waals surface area contributed by atoms with Crippen LogP contribution in [-0.4, -0.2) is 30.6 Å². The number of halogens is 3. The second-order valence-corrected chi connectivity index (χ2v) is 8.89. The first-order chi connectivity index (χ1) is 7.63. The van der Waals surface area contributed by atoms with Gasteiger partial charge in [0.2, 0.25) is 10.0 Å². The van der Waals surface area contributed by atoms with Gasteiger partial charge >= 0.3 is 0 Å². The molecular formula is C9H12BrCl2NO2S2. The lowest BCUT2D eigenvalue weighted by Crippen LogP contribution is -2.46. The molecule has 0 amide bonds. The first kappa shape index (κ1) is 15.7. The van der Waals surface area contributed by atoms with Gasteiger partial charge < -0.3 is 0 Å². The van der Waals surface area contributed by atoms with Crippen LogP contribution >= 0.6 is 50.5 Å². The predicted octanol–water partition coefficient (Wildman–Crippen LogP) is 3.85. The van der Waals surface area contributed by atoms with E-state index in [4.69, 9.17) is 23.2 Å². The van der Waals surface area contributed by atoms with Crippen LogP contribution in [0.3, 0.4) is 0 Å². The molecule has 0 aliphatic heterocycles. The number of alkyl halides is 1. The van der Waals surface area contributed by atoms with E-state index in [1.807, 2.05) is 13.8 Å². The number of hydrogen-bond acceptors (Lipinski definition) is 3. The zero-order valence-corrected chi connectivity index (χ0v) is 14.2. The fraction of sp³-hybridized carbons (Fsp3) is 0.556. The summed E-state index contributed by atoms with van der Waals surface area (Å²) < 4.78 is 26.5. The van der Waals surface area contributed by atoms with Crippen molar-refractivity contribution in [1.82, 2.24) is 4.31 Å². The van der Waals surface area contributed by atoms with Crippen molar-refractivity contribution < 1.29 is 8.42 Å². The maximum absolute atomic E-state index is 12.3. The van der Waals surface area contributed by atoms with Crippen molar-refractivity contribution in [2.24, 2.45) is 0 Å². The lowest BCUT2D eigenvalue weighted by Gasteiger charge is -2.32. The zero-order chi connectivity index (χ0) is 13.4. The van der Waals surface area contributed by atoms with Gasteiger partial charge in [-0.25, -0.2) is 8.42 Å². The summed E-state index contributed by atoms with van der Waals surface area (Å²) in [5.41, 5.74) is -0.545. The van der Waals surface area contributed by atoms with Crippen LogP contribution in [0.25, 0.3) is 0 Å². The van der Waals surface area contributed by atoms with Gasteiger partial charge in [0, 0.05) is 17.9 Å². The smallest absolute Gasteiger partial charge is 0.207 e. The van der Waals surface area contributed by atoms with Gasteiger partial charge in [-0.2, -0.15) is 4.31 Å². The van der Waals surface area contributed by atoms with Crippen LogP contribution < -0.4 is 0 Å². The largest absolute Gasteiger partial charge is 0.245 e. The van der Waals surface area contributed by atoms with Crippen LogP contribution in [0.4, 0.5) is 0 Å². The molecule has 0 bridgehead atoms. The lowest BCUT2D eigenvalue weighted by molar-refractivity contribution is 0.299. The molecule has 98 valence electrons. The fourth-order valence-corrected chi connectivity index (χ4v) is 5.22. The van der Waals surface area contributed by atoms with Crippen molar-refractivity contribution in [3.8, 4) is 0 Å². The highest BCUT2D eigenvalue weighted by atomic mass is 79.9. The van der Waals surface area contributed by atoms with Crippen LogP contribution in [0, 0.1) is 0 Å². The summed E-state index contributed by atoms with van der Waals surface area (Å²) in [4.78, 5) is 0.0608. The Morgan fingerprint density at radius 3 is 2.35 bits per heavy atom. The topological polar surface area (TPSA) is 37.4 Å². The molecule has 0 radical (unpaired) electrons. The highest BCUT2D eigenvalue weighted by molar-refractivity contribution is 9.09. The zero-order valence-electron chi connectivity index (χ0n) is 9.50. The second-order valence-electron chi connectivity index (χ2n) is 4.11. The minimum atomic E-state index is -3.62. The van der Waals surface area contributed by atoms with E-state index in [0.717, 1.165) is 11.3 Å². The predicted molar refractivity (Wildman–Crippen MR) is 77.2 cm³/mol. The Morgan fingerprint density at radius 1 is 1.47 bits per heavy atom. The SMILES string of the molecule is CN(C(C)(C)CBr)S(=O)(=O)c1cc(Cl)sc1Cl. The summed E-state index contributed by atoms with van der Waals surface area (Å²) >= 11 is 16.0. The number of hydrogen-bond donors (Lipinski definition) is 0. The van der Waals surface area contributed by atoms with Crippen LogP contribution in [0.5, 0.6) is 0 Å². The van der Waals surface area contributed by atoms with E-state index in [-0.39, 0.29) is 9.23 Å². The molecule has 8 heteroatoms. The minimum absolute atomic E-state index is 0.0608. The molecule has 0 saturated heterocycles. The highest BCUT2D eigenvalue weighted by Crippen LogP contribution is 2.37. The normalized spacial score (nSPS) is 13.4. The van der Waals surface area contributed by atoms with E-state index in [0.29, 0.717) is 9.67 Å². The summed E-state index contributed by atoms with van der Waals surface area (Å²) in [7, 11) is -2.09. The van der Waals surface area contributed by atoms with Crippen molar-refractivity contribution in [3.05, 3.63) is 14.7 Å².